The zero-order valence-electron chi connectivity index (χ0n) is 40.3. The summed E-state index contributed by atoms with van der Waals surface area (Å²) in [6.07, 6.45) is 2.79. The number of thiazole rings is 1. The second kappa shape index (κ2) is 23.2. The first-order valence-corrected chi connectivity index (χ1v) is 24.1. The summed E-state index contributed by atoms with van der Waals surface area (Å²) in [5.74, 6) is 5.40. The van der Waals surface area contributed by atoms with Gasteiger partial charge >= 0.3 is 0 Å². The molecule has 69 heavy (non-hydrogen) atoms. The summed E-state index contributed by atoms with van der Waals surface area (Å²) in [6.45, 7) is 15.2. The second-order valence-corrected chi connectivity index (χ2v) is 19.5. The molecule has 1 saturated heterocycles. The van der Waals surface area contributed by atoms with Gasteiger partial charge in [-0.3, -0.25) is 19.2 Å². The monoisotopic (exact) mass is 968 g/mol. The number of pyridine rings is 1. The Morgan fingerprint density at radius 3 is 2.39 bits per heavy atom. The molecule has 370 valence electrons. The molecule has 0 radical (unpaired) electrons. The predicted molar refractivity (Wildman–Crippen MR) is 260 cm³/mol. The van der Waals surface area contributed by atoms with Crippen LogP contribution in [0.15, 0.2) is 40.6 Å². The number of carbonyl (C=O) groups excluding carboxylic acids is 4. The number of hydrogen-bond acceptors (Lipinski definition) is 16. The lowest BCUT2D eigenvalue weighted by molar-refractivity contribution is -0.144. The van der Waals surface area contributed by atoms with Crippen LogP contribution in [-0.2, 0) is 32.3 Å². The van der Waals surface area contributed by atoms with Gasteiger partial charge in [-0.2, -0.15) is 0 Å². The quantitative estimate of drug-likeness (QED) is 0.0410. The van der Waals surface area contributed by atoms with Gasteiger partial charge in [0.05, 0.1) is 35.0 Å². The maximum Gasteiger partial charge on any atom is 0.246 e. The molecule has 0 unspecified atom stereocenters. The number of amides is 4. The van der Waals surface area contributed by atoms with Crippen molar-refractivity contribution in [2.24, 2.45) is 5.41 Å². The Morgan fingerprint density at radius 2 is 1.72 bits per heavy atom. The third kappa shape index (κ3) is 13.8. The van der Waals surface area contributed by atoms with E-state index in [1.807, 2.05) is 63.5 Å². The Bertz CT molecular complexity index is 2640. The van der Waals surface area contributed by atoms with Crippen LogP contribution in [0.25, 0.3) is 33.0 Å². The molecule has 1 aromatic carbocycles. The molecule has 5 aromatic rings. The number of aliphatic hydroxyl groups is 2. The Kier molecular flexibility index (Phi) is 17.5. The summed E-state index contributed by atoms with van der Waals surface area (Å²) in [6, 6.07) is 6.01. The fourth-order valence-corrected chi connectivity index (χ4v) is 8.63. The van der Waals surface area contributed by atoms with Crippen LogP contribution in [-0.4, -0.2) is 125 Å². The summed E-state index contributed by atoms with van der Waals surface area (Å²) < 4.78 is 12.9. The number of ether oxygens (including phenoxy) is 1. The van der Waals surface area contributed by atoms with E-state index in [4.69, 9.17) is 20.1 Å². The highest BCUT2D eigenvalue weighted by Crippen LogP contribution is 2.34. The third-order valence-electron chi connectivity index (χ3n) is 11.4. The number of anilines is 1. The largest absolute Gasteiger partial charge is 0.490 e. The van der Waals surface area contributed by atoms with Gasteiger partial charge in [0.1, 0.15) is 34.4 Å². The lowest BCUT2D eigenvalue weighted by Gasteiger charge is -2.35. The average Bonchev–Trinajstić information content (AvgIpc) is 4.11. The molecule has 4 amide bonds. The Labute approximate surface area is 405 Å². The number of β-amino-alcohol motifs (C(OH)–C–C–N with tert-alkyl or cyclic N) is 1. The van der Waals surface area contributed by atoms with Crippen LogP contribution in [0.2, 0.25) is 0 Å². The van der Waals surface area contributed by atoms with Crippen LogP contribution in [0, 0.1) is 24.2 Å². The van der Waals surface area contributed by atoms with Gasteiger partial charge in [0.2, 0.25) is 23.6 Å². The fraction of sp³-hybridized carbons (Fsp3) is 0.521. The fourth-order valence-electron chi connectivity index (χ4n) is 7.82. The Morgan fingerprint density at radius 1 is 1.00 bits per heavy atom. The molecule has 6 rings (SSSR count). The van der Waals surface area contributed by atoms with Crippen molar-refractivity contribution in [1.29, 1.82) is 0 Å². The van der Waals surface area contributed by atoms with Gasteiger partial charge in [-0.1, -0.05) is 51.0 Å². The molecule has 0 spiro atoms. The number of aliphatic hydroxyl groups excluding tert-OH is 1. The van der Waals surface area contributed by atoms with E-state index < -0.39 is 35.1 Å². The number of nitrogen functional groups attached to an aromatic ring is 1. The predicted octanol–water partition coefficient (Wildman–Crippen LogP) is 3.48. The van der Waals surface area contributed by atoms with Gasteiger partial charge in [0, 0.05) is 45.4 Å². The zero-order chi connectivity index (χ0) is 49.9. The van der Waals surface area contributed by atoms with E-state index in [0.717, 1.165) is 21.7 Å². The highest BCUT2D eigenvalue weighted by Gasteiger charge is 2.44. The number of aromatic nitrogens is 6. The third-order valence-corrected chi connectivity index (χ3v) is 12.4. The highest BCUT2D eigenvalue weighted by molar-refractivity contribution is 7.13. The first kappa shape index (κ1) is 51.9. The van der Waals surface area contributed by atoms with E-state index in [-0.39, 0.29) is 61.7 Å². The summed E-state index contributed by atoms with van der Waals surface area (Å²) in [4.78, 5) is 69.2. The number of likely N-dealkylation sites (tertiary alicyclic amines) is 1. The molecule has 1 aliphatic rings. The minimum Gasteiger partial charge on any atom is -0.490 e. The first-order chi connectivity index (χ1) is 32.8. The molecule has 21 heteroatoms. The molecule has 0 bridgehead atoms. The van der Waals surface area contributed by atoms with Crippen LogP contribution >= 0.6 is 11.3 Å². The molecule has 0 aliphatic carbocycles. The summed E-state index contributed by atoms with van der Waals surface area (Å²) in [5, 5.41) is 40.4. The molecular formula is C48H64N12O8S. The van der Waals surface area contributed by atoms with Gasteiger partial charge in [0.25, 0.3) is 0 Å². The number of nitrogens with one attached hydrogen (secondary N) is 4. The Hall–Kier alpha value is -6.47. The van der Waals surface area contributed by atoms with Gasteiger partial charge < -0.3 is 51.4 Å². The topological polar surface area (TPSA) is 278 Å². The van der Waals surface area contributed by atoms with Gasteiger partial charge in [-0.25, -0.2) is 19.6 Å². The number of nitrogens with two attached hydrogens (primary N) is 1. The first-order valence-electron chi connectivity index (χ1n) is 23.2. The van der Waals surface area contributed by atoms with Crippen LogP contribution in [0.1, 0.15) is 97.0 Å². The number of aryl methyl sites for hydroxylation is 2. The summed E-state index contributed by atoms with van der Waals surface area (Å²) in [7, 11) is 0. The minimum absolute atomic E-state index is 0.0209. The van der Waals surface area contributed by atoms with E-state index in [2.05, 4.69) is 53.4 Å². The molecule has 1 aliphatic heterocycles. The van der Waals surface area contributed by atoms with E-state index in [0.29, 0.717) is 80.2 Å². The van der Waals surface area contributed by atoms with E-state index in [9.17, 15) is 29.4 Å². The molecule has 4 aromatic heterocycles. The lowest BCUT2D eigenvalue weighted by atomic mass is 9.85. The van der Waals surface area contributed by atoms with Crippen molar-refractivity contribution in [2.45, 2.75) is 124 Å². The zero-order valence-corrected chi connectivity index (χ0v) is 41.2. The average molecular weight is 969 g/mol. The molecule has 20 nitrogen and oxygen atoms in total. The maximum atomic E-state index is 14.0. The van der Waals surface area contributed by atoms with E-state index >= 15 is 0 Å². The highest BCUT2D eigenvalue weighted by atomic mass is 32.1. The van der Waals surface area contributed by atoms with Crippen LogP contribution in [0.4, 0.5) is 5.82 Å². The van der Waals surface area contributed by atoms with Gasteiger partial charge in [-0.05, 0) is 92.8 Å². The lowest BCUT2D eigenvalue weighted by Crippen LogP contribution is -2.57. The smallest absolute Gasteiger partial charge is 0.246 e. The van der Waals surface area contributed by atoms with Crippen molar-refractivity contribution < 1.29 is 38.8 Å². The Balaban J connectivity index is 0.890. The van der Waals surface area contributed by atoms with Crippen molar-refractivity contribution in [3.63, 3.8) is 0 Å². The molecular weight excluding hydrogens is 905 g/mol. The molecule has 0 saturated carbocycles. The van der Waals surface area contributed by atoms with Crippen molar-refractivity contribution in [3.8, 4) is 39.5 Å². The van der Waals surface area contributed by atoms with Gasteiger partial charge in [0.15, 0.2) is 23.1 Å². The number of nitrogens with zero attached hydrogens (tertiary/aromatic N) is 7. The van der Waals surface area contributed by atoms with Crippen molar-refractivity contribution in [3.05, 3.63) is 52.9 Å². The van der Waals surface area contributed by atoms with E-state index in [1.165, 1.54) is 4.90 Å². The standard InChI is InChI=1S/C48H64N12O8S/c1-8-59-40-35(26-52-33(18-19-48(6,7)66)38(40)56-44(59)39-43(49)58-68-57-39)67-23-11-21-50-20-9-12-36(62)51-22-10-13-37(63)55-42(47(3,4)5)46(65)60-27-32(61)24-34(60)45(64)53-25-30-14-16-31(17-15-30)41-29(2)54-28-69-41/h14-17,26,28,32,34,42,50,61,66H,8-13,20-25,27H2,1-7H3,(H2,49,58)(H,51,62)(H,53,64)(H,55,63)/t32-,34+,42-/m1/s1. The molecule has 8 N–H and O–H groups in total. The number of hydrogen-bond donors (Lipinski definition) is 7. The molecule has 3 atom stereocenters. The minimum atomic E-state index is -1.24. The molecule has 5 heterocycles. The number of carbonyl (C=O) groups is 4. The summed E-state index contributed by atoms with van der Waals surface area (Å²) in [5.41, 5.74) is 10.5. The van der Waals surface area contributed by atoms with Crippen LogP contribution < -0.4 is 31.7 Å². The maximum absolute atomic E-state index is 14.0. The number of imidazole rings is 1. The van der Waals surface area contributed by atoms with Gasteiger partial charge in [-0.15, -0.1) is 11.3 Å². The number of rotatable bonds is 21. The number of benzene rings is 1. The van der Waals surface area contributed by atoms with Crippen molar-refractivity contribution >= 4 is 51.8 Å². The van der Waals surface area contributed by atoms with Crippen molar-refractivity contribution in [2.75, 3.05) is 38.5 Å². The molecule has 1 fully saturated rings. The number of fused-ring (bicyclic) bond motifs is 1. The summed E-state index contributed by atoms with van der Waals surface area (Å²) >= 11 is 1.57. The van der Waals surface area contributed by atoms with Crippen LogP contribution in [0.3, 0.4) is 0 Å². The van der Waals surface area contributed by atoms with Crippen LogP contribution in [0.5, 0.6) is 5.75 Å². The van der Waals surface area contributed by atoms with Crippen molar-refractivity contribution in [1.82, 2.24) is 56.0 Å². The normalized spacial score (nSPS) is 15.4. The van der Waals surface area contributed by atoms with E-state index in [1.54, 1.807) is 36.9 Å². The second-order valence-electron chi connectivity index (χ2n) is 18.6. The SMILES string of the molecule is CCn1c(-c2nonc2N)nc2c(C#CC(C)(C)O)ncc(OCCCNCCCC(=O)NCCCC(=O)N[C@H](C(=O)N3C[C@H](O)C[C@H]3C(=O)NCc3ccc(-c4scnc4C)cc3)C(C)(C)C)c21.